The van der Waals surface area contributed by atoms with E-state index in [1.54, 1.807) is 4.90 Å². The molecule has 26 heavy (non-hydrogen) atoms. The summed E-state index contributed by atoms with van der Waals surface area (Å²) in [6, 6.07) is 8.52. The van der Waals surface area contributed by atoms with Crippen molar-refractivity contribution in [3.05, 3.63) is 35.0 Å². The average Bonchev–Trinajstić information content (AvgIpc) is 3.16. The van der Waals surface area contributed by atoms with Crippen molar-refractivity contribution < 1.29 is 19.9 Å². The second kappa shape index (κ2) is 8.09. The standard InChI is InChI=1S/C20H27ClN4O/c1-24-8-10-25(11-9-24)19-16-6-2-3-7-18(16)23-20(21)17(19)14-22-13-15-5-4-12-26-15/h2-3,6-7,15,22H,4-5,8-14H2,1H3/p+3/t15-/m1/s1. The first-order valence-corrected chi connectivity index (χ1v) is 10.2. The summed E-state index contributed by atoms with van der Waals surface area (Å²) in [5.41, 5.74) is 3.66. The maximum atomic E-state index is 6.71. The molecule has 0 bridgehead atoms. The monoisotopic (exact) mass is 377 g/mol. The van der Waals surface area contributed by atoms with Gasteiger partial charge in [-0.25, -0.2) is 0 Å². The second-order valence-corrected chi connectivity index (χ2v) is 8.00. The number of ether oxygens (including phenoxy) is 1. The van der Waals surface area contributed by atoms with Gasteiger partial charge in [0.15, 0.2) is 0 Å². The third-order valence-electron chi connectivity index (χ3n) is 5.71. The molecular formula is C20H30ClN4O+3. The molecule has 140 valence electrons. The molecule has 0 unspecified atom stereocenters. The number of hydrogen-bond acceptors (Lipinski definition) is 2. The highest BCUT2D eigenvalue weighted by Gasteiger charge is 2.27. The van der Waals surface area contributed by atoms with Gasteiger partial charge in [-0.15, -0.1) is 0 Å². The number of H-pyrrole nitrogens is 1. The molecule has 2 fully saturated rings. The quantitative estimate of drug-likeness (QED) is 0.714. The van der Waals surface area contributed by atoms with Crippen molar-refractivity contribution in [2.75, 3.05) is 51.3 Å². The van der Waals surface area contributed by atoms with Crippen molar-refractivity contribution in [3.63, 3.8) is 0 Å². The highest BCUT2D eigenvalue weighted by Crippen LogP contribution is 2.31. The van der Waals surface area contributed by atoms with E-state index in [0.717, 1.165) is 43.5 Å². The van der Waals surface area contributed by atoms with Gasteiger partial charge in [0.2, 0.25) is 5.52 Å². The number of para-hydroxylation sites is 1. The van der Waals surface area contributed by atoms with Gasteiger partial charge in [-0.3, -0.25) is 0 Å². The van der Waals surface area contributed by atoms with Crippen LogP contribution in [0, 0.1) is 0 Å². The molecule has 2 saturated heterocycles. The fraction of sp³-hybridized carbons (Fsp3) is 0.550. The van der Waals surface area contributed by atoms with Crippen molar-refractivity contribution >= 4 is 28.2 Å². The topological polar surface area (TPSA) is 47.7 Å². The lowest BCUT2D eigenvalue weighted by Crippen LogP contribution is -3.12. The largest absolute Gasteiger partial charge is 0.372 e. The van der Waals surface area contributed by atoms with Gasteiger partial charge < -0.3 is 19.9 Å². The number of halogens is 1. The molecule has 1 aromatic carbocycles. The van der Waals surface area contributed by atoms with Crippen molar-refractivity contribution in [1.29, 1.82) is 0 Å². The molecule has 2 aliphatic rings. The number of pyridine rings is 1. The van der Waals surface area contributed by atoms with Crippen molar-refractivity contribution in [2.24, 2.45) is 0 Å². The Kier molecular flexibility index (Phi) is 5.60. The van der Waals surface area contributed by atoms with E-state index < -0.39 is 0 Å². The lowest BCUT2D eigenvalue weighted by Gasteiger charge is -2.33. The smallest absolute Gasteiger partial charge is 0.284 e. The number of likely N-dealkylation sites (N-methyl/N-ethyl adjacent to an activating group) is 1. The summed E-state index contributed by atoms with van der Waals surface area (Å²) < 4.78 is 5.76. The minimum absolute atomic E-state index is 0.397. The van der Waals surface area contributed by atoms with E-state index in [1.807, 2.05) is 0 Å². The fourth-order valence-electron chi connectivity index (χ4n) is 4.16. The Bertz CT molecular complexity index is 755. The molecule has 0 aliphatic carbocycles. The van der Waals surface area contributed by atoms with Gasteiger partial charge >= 0.3 is 0 Å². The van der Waals surface area contributed by atoms with Gasteiger partial charge in [-0.05, 0) is 30.5 Å². The number of hydrogen-bond donors (Lipinski definition) is 2. The molecular weight excluding hydrogens is 348 g/mol. The van der Waals surface area contributed by atoms with Gasteiger partial charge in [-0.1, -0.05) is 12.1 Å². The third kappa shape index (κ3) is 3.81. The zero-order valence-electron chi connectivity index (χ0n) is 15.6. The van der Waals surface area contributed by atoms with Crippen LogP contribution in [0.2, 0.25) is 5.15 Å². The summed E-state index contributed by atoms with van der Waals surface area (Å²) in [6.07, 6.45) is 2.77. The molecule has 6 heteroatoms. The first-order valence-electron chi connectivity index (χ1n) is 9.84. The number of nitrogens with two attached hydrogens (primary N) is 1. The lowest BCUT2D eigenvalue weighted by molar-refractivity contribution is -0.880. The van der Waals surface area contributed by atoms with Crippen LogP contribution in [-0.4, -0.2) is 52.5 Å². The summed E-state index contributed by atoms with van der Waals surface area (Å²) in [7, 11) is 2.28. The van der Waals surface area contributed by atoms with Crippen molar-refractivity contribution in [3.8, 4) is 0 Å². The van der Waals surface area contributed by atoms with Gasteiger partial charge in [0.05, 0.1) is 44.3 Å². The number of nitrogens with one attached hydrogen (secondary N) is 2. The van der Waals surface area contributed by atoms with E-state index >= 15 is 0 Å². The predicted octanol–water partition coefficient (Wildman–Crippen LogP) is -0.116. The van der Waals surface area contributed by atoms with Crippen LogP contribution in [0.5, 0.6) is 0 Å². The maximum Gasteiger partial charge on any atom is 0.284 e. The van der Waals surface area contributed by atoms with Crippen LogP contribution in [0.4, 0.5) is 5.69 Å². The Balaban J connectivity index is 1.63. The number of rotatable bonds is 5. The number of quaternary nitrogens is 2. The average molecular weight is 378 g/mol. The predicted molar refractivity (Wildman–Crippen MR) is 104 cm³/mol. The van der Waals surface area contributed by atoms with Crippen LogP contribution in [0.25, 0.3) is 10.9 Å². The summed E-state index contributed by atoms with van der Waals surface area (Å²) in [4.78, 5) is 7.54. The molecule has 4 N–H and O–H groups in total. The molecule has 4 rings (SSSR count). The number of aromatic amines is 1. The van der Waals surface area contributed by atoms with Gasteiger partial charge in [0.1, 0.15) is 24.8 Å². The van der Waals surface area contributed by atoms with Crippen LogP contribution in [0.15, 0.2) is 24.3 Å². The number of fused-ring (bicyclic) bond motifs is 1. The van der Waals surface area contributed by atoms with E-state index in [4.69, 9.17) is 16.3 Å². The van der Waals surface area contributed by atoms with Gasteiger partial charge in [0, 0.05) is 12.7 Å². The lowest BCUT2D eigenvalue weighted by atomic mass is 10.1. The number of nitrogens with zero attached hydrogens (tertiary/aromatic N) is 1. The molecule has 1 atom stereocenters. The van der Waals surface area contributed by atoms with E-state index in [9.17, 15) is 0 Å². The molecule has 1 aromatic heterocycles. The fourth-order valence-corrected chi connectivity index (χ4v) is 4.43. The van der Waals surface area contributed by atoms with Crippen molar-refractivity contribution in [2.45, 2.75) is 25.5 Å². The molecule has 0 radical (unpaired) electrons. The van der Waals surface area contributed by atoms with Gasteiger partial charge in [0.25, 0.3) is 5.15 Å². The normalized spacial score (nSPS) is 21.6. The first-order chi connectivity index (χ1) is 12.7. The Hall–Kier alpha value is -1.40. The van der Waals surface area contributed by atoms with Crippen LogP contribution in [-0.2, 0) is 11.3 Å². The Morgan fingerprint density at radius 1 is 1.31 bits per heavy atom. The number of piperazine rings is 1. The molecule has 0 saturated carbocycles. The maximum absolute atomic E-state index is 6.71. The molecule has 0 amide bonds. The first kappa shape index (κ1) is 18.0. The molecule has 2 aromatic rings. The van der Waals surface area contributed by atoms with Crippen molar-refractivity contribution in [1.82, 2.24) is 0 Å². The van der Waals surface area contributed by atoms with Crippen LogP contribution in [0.3, 0.4) is 0 Å². The Morgan fingerprint density at radius 3 is 2.88 bits per heavy atom. The summed E-state index contributed by atoms with van der Waals surface area (Å²) in [5, 5.41) is 4.40. The highest BCUT2D eigenvalue weighted by molar-refractivity contribution is 6.30. The minimum atomic E-state index is 0.397. The molecule has 2 aliphatic heterocycles. The Labute approximate surface area is 160 Å². The molecule has 5 nitrogen and oxygen atoms in total. The second-order valence-electron chi connectivity index (χ2n) is 7.62. The molecule has 3 heterocycles. The summed E-state index contributed by atoms with van der Waals surface area (Å²) in [5.74, 6) is 0. The summed E-state index contributed by atoms with van der Waals surface area (Å²) in [6.45, 7) is 7.30. The minimum Gasteiger partial charge on any atom is -0.372 e. The number of anilines is 1. The van der Waals surface area contributed by atoms with Crippen LogP contribution >= 0.6 is 11.6 Å². The Morgan fingerprint density at radius 2 is 2.12 bits per heavy atom. The van der Waals surface area contributed by atoms with Crippen LogP contribution in [0.1, 0.15) is 18.4 Å². The number of aromatic nitrogens is 1. The van der Waals surface area contributed by atoms with E-state index in [1.165, 1.54) is 42.6 Å². The van der Waals surface area contributed by atoms with E-state index in [0.29, 0.717) is 6.10 Å². The van der Waals surface area contributed by atoms with Crippen LogP contribution < -0.4 is 20.1 Å². The summed E-state index contributed by atoms with van der Waals surface area (Å²) >= 11 is 6.71. The zero-order valence-corrected chi connectivity index (χ0v) is 16.3. The SMILES string of the molecule is C[NH+]1CCN(c2c(C[NH2+]C[C@H]3CCCO3)c(Cl)[nH+]c3ccccc23)CC1. The van der Waals surface area contributed by atoms with E-state index in [2.05, 4.69) is 46.5 Å². The number of benzene rings is 1. The third-order valence-corrected chi connectivity index (χ3v) is 6.04. The zero-order chi connectivity index (χ0) is 17.9. The van der Waals surface area contributed by atoms with E-state index in [-0.39, 0.29) is 0 Å². The van der Waals surface area contributed by atoms with Gasteiger partial charge in [-0.2, -0.15) is 4.98 Å². The highest BCUT2D eigenvalue weighted by atomic mass is 35.5. The molecule has 0 spiro atoms.